The summed E-state index contributed by atoms with van der Waals surface area (Å²) in [5.74, 6) is 0. The van der Waals surface area contributed by atoms with Gasteiger partial charge in [0, 0.05) is 40.5 Å². The molecule has 0 aromatic heterocycles. The standard InChI is InChI=1S/C6H16Cl2O4Si2/c1-9-13(7,10-2)5-6-14(8,11-3)12-4/h5-6H2,1-4H3. The Morgan fingerprint density at radius 2 is 0.929 bits per heavy atom. The lowest BCUT2D eigenvalue weighted by Crippen LogP contribution is -2.39. The van der Waals surface area contributed by atoms with Crippen LogP contribution in [-0.2, 0) is 17.7 Å². The monoisotopic (exact) mass is 278 g/mol. The van der Waals surface area contributed by atoms with Crippen molar-refractivity contribution in [3.8, 4) is 0 Å². The molecule has 0 aliphatic rings. The lowest BCUT2D eigenvalue weighted by molar-refractivity contribution is 0.253. The van der Waals surface area contributed by atoms with Crippen LogP contribution in [0.3, 0.4) is 0 Å². The largest absolute Gasteiger partial charge is 0.442 e. The fraction of sp³-hybridized carbons (Fsp3) is 1.00. The van der Waals surface area contributed by atoms with E-state index < -0.39 is 15.7 Å². The molecule has 0 amide bonds. The highest BCUT2D eigenvalue weighted by Gasteiger charge is 2.41. The molecule has 0 fully saturated rings. The summed E-state index contributed by atoms with van der Waals surface area (Å²) >= 11 is 12.2. The van der Waals surface area contributed by atoms with Crippen LogP contribution in [0.4, 0.5) is 0 Å². The molecule has 0 aromatic carbocycles. The van der Waals surface area contributed by atoms with Crippen LogP contribution in [0.1, 0.15) is 0 Å². The van der Waals surface area contributed by atoms with Gasteiger partial charge in [-0.3, -0.25) is 0 Å². The van der Waals surface area contributed by atoms with E-state index >= 15 is 0 Å². The average Bonchev–Trinajstić information content (AvgIpc) is 2.25. The van der Waals surface area contributed by atoms with Crippen molar-refractivity contribution in [1.82, 2.24) is 0 Å². The molecule has 0 spiro atoms. The zero-order valence-corrected chi connectivity index (χ0v) is 12.3. The molecule has 0 radical (unpaired) electrons. The molecular formula is C6H16Cl2O4Si2. The van der Waals surface area contributed by atoms with Crippen molar-refractivity contribution in [3.63, 3.8) is 0 Å². The van der Waals surface area contributed by atoms with Crippen LogP contribution in [0.5, 0.6) is 0 Å². The first-order valence-corrected chi connectivity index (χ1v) is 10.1. The minimum absolute atomic E-state index is 0.541. The SMILES string of the molecule is CO[Si](Cl)(CC[Si](Cl)(OC)OC)OC. The van der Waals surface area contributed by atoms with E-state index in [9.17, 15) is 0 Å². The topological polar surface area (TPSA) is 36.9 Å². The van der Waals surface area contributed by atoms with Crippen molar-refractivity contribution in [2.45, 2.75) is 12.1 Å². The third kappa shape index (κ3) is 4.58. The molecule has 0 saturated carbocycles. The molecule has 86 valence electrons. The Morgan fingerprint density at radius 3 is 1.07 bits per heavy atom. The first-order chi connectivity index (χ1) is 6.45. The Morgan fingerprint density at radius 1 is 0.714 bits per heavy atom. The number of halogens is 2. The molecule has 0 heterocycles. The van der Waals surface area contributed by atoms with Gasteiger partial charge in [0.1, 0.15) is 0 Å². The Bertz CT molecular complexity index is 146. The molecule has 4 nitrogen and oxygen atoms in total. The molecule has 0 aromatic rings. The van der Waals surface area contributed by atoms with Crippen LogP contribution in [0.25, 0.3) is 0 Å². The molecule has 0 N–H and O–H groups in total. The van der Waals surface area contributed by atoms with E-state index in [2.05, 4.69) is 0 Å². The smallest absolute Gasteiger partial charge is 0.386 e. The molecule has 0 atom stereocenters. The second-order valence-electron chi connectivity index (χ2n) is 2.64. The Labute approximate surface area is 96.3 Å². The van der Waals surface area contributed by atoms with E-state index in [1.165, 1.54) is 28.4 Å². The number of hydrogen-bond acceptors (Lipinski definition) is 4. The molecule has 0 unspecified atom stereocenters. The summed E-state index contributed by atoms with van der Waals surface area (Å²) in [7, 11) is 0.956. The van der Waals surface area contributed by atoms with Crippen LogP contribution in [0, 0.1) is 0 Å². The zero-order chi connectivity index (χ0) is 11.2. The first kappa shape index (κ1) is 14.9. The summed E-state index contributed by atoms with van der Waals surface area (Å²) in [4.78, 5) is 0. The van der Waals surface area contributed by atoms with Crippen molar-refractivity contribution in [3.05, 3.63) is 0 Å². The van der Waals surface area contributed by atoms with Gasteiger partial charge in [-0.2, -0.15) is 0 Å². The lowest BCUT2D eigenvalue weighted by atomic mass is 11.0. The fourth-order valence-corrected chi connectivity index (χ4v) is 6.11. The predicted molar refractivity (Wildman–Crippen MR) is 60.9 cm³/mol. The molecule has 0 rings (SSSR count). The van der Waals surface area contributed by atoms with E-state index in [0.717, 1.165) is 0 Å². The van der Waals surface area contributed by atoms with Crippen LogP contribution >= 0.6 is 22.2 Å². The lowest BCUT2D eigenvalue weighted by Gasteiger charge is -2.24. The van der Waals surface area contributed by atoms with Crippen molar-refractivity contribution < 1.29 is 17.7 Å². The van der Waals surface area contributed by atoms with Gasteiger partial charge in [0.15, 0.2) is 0 Å². The van der Waals surface area contributed by atoms with Crippen molar-refractivity contribution >= 4 is 37.9 Å². The molecular weight excluding hydrogens is 263 g/mol. The molecule has 14 heavy (non-hydrogen) atoms. The molecule has 8 heteroatoms. The molecule has 0 saturated heterocycles. The minimum atomic E-state index is -2.58. The van der Waals surface area contributed by atoms with Crippen molar-refractivity contribution in [2.75, 3.05) is 28.4 Å². The number of hydrogen-bond donors (Lipinski definition) is 0. The fourth-order valence-electron chi connectivity index (χ4n) is 0.874. The van der Waals surface area contributed by atoms with Gasteiger partial charge in [-0.25, -0.2) is 0 Å². The van der Waals surface area contributed by atoms with Crippen molar-refractivity contribution in [1.29, 1.82) is 0 Å². The zero-order valence-electron chi connectivity index (χ0n) is 8.80. The summed E-state index contributed by atoms with van der Waals surface area (Å²) < 4.78 is 20.4. The predicted octanol–water partition coefficient (Wildman–Crippen LogP) is 1.93. The summed E-state index contributed by atoms with van der Waals surface area (Å²) in [5.41, 5.74) is 0. The van der Waals surface area contributed by atoms with E-state index in [1.807, 2.05) is 0 Å². The van der Waals surface area contributed by atoms with Gasteiger partial charge in [0.2, 0.25) is 0 Å². The summed E-state index contributed by atoms with van der Waals surface area (Å²) in [6.45, 7) is 0. The van der Waals surface area contributed by atoms with E-state index in [-0.39, 0.29) is 0 Å². The third-order valence-corrected chi connectivity index (χ3v) is 9.56. The van der Waals surface area contributed by atoms with Gasteiger partial charge in [0.05, 0.1) is 0 Å². The summed E-state index contributed by atoms with van der Waals surface area (Å²) in [6.07, 6.45) is 0. The molecule has 0 bridgehead atoms. The quantitative estimate of drug-likeness (QED) is 0.527. The Kier molecular flexibility index (Phi) is 6.83. The maximum Gasteiger partial charge on any atom is 0.442 e. The van der Waals surface area contributed by atoms with Crippen LogP contribution in [0.15, 0.2) is 0 Å². The minimum Gasteiger partial charge on any atom is -0.386 e. The van der Waals surface area contributed by atoms with E-state index in [4.69, 9.17) is 39.9 Å². The average molecular weight is 279 g/mol. The maximum atomic E-state index is 6.08. The van der Waals surface area contributed by atoms with Crippen molar-refractivity contribution in [2.24, 2.45) is 0 Å². The van der Waals surface area contributed by atoms with E-state index in [1.54, 1.807) is 0 Å². The summed E-state index contributed by atoms with van der Waals surface area (Å²) in [5, 5.41) is 0. The summed E-state index contributed by atoms with van der Waals surface area (Å²) in [6, 6.07) is 1.08. The molecule has 0 aliphatic heterocycles. The highest BCUT2D eigenvalue weighted by molar-refractivity contribution is 7.16. The Hall–Kier alpha value is 0.854. The second-order valence-corrected chi connectivity index (χ2v) is 11.4. The number of rotatable bonds is 7. The van der Waals surface area contributed by atoms with Crippen LogP contribution < -0.4 is 0 Å². The third-order valence-electron chi connectivity index (χ3n) is 1.94. The van der Waals surface area contributed by atoms with Gasteiger partial charge in [-0.15, -0.1) is 0 Å². The van der Waals surface area contributed by atoms with Gasteiger partial charge < -0.3 is 17.7 Å². The normalized spacial score (nSPS) is 13.3. The van der Waals surface area contributed by atoms with Gasteiger partial charge >= 0.3 is 15.7 Å². The van der Waals surface area contributed by atoms with Gasteiger partial charge in [0.25, 0.3) is 0 Å². The maximum absolute atomic E-state index is 6.08. The first-order valence-electron chi connectivity index (χ1n) is 4.03. The van der Waals surface area contributed by atoms with Crippen LogP contribution in [0.2, 0.25) is 12.1 Å². The second kappa shape index (κ2) is 6.44. The highest BCUT2D eigenvalue weighted by atomic mass is 35.6. The van der Waals surface area contributed by atoms with Gasteiger partial charge in [-0.1, -0.05) is 22.2 Å². The Balaban J connectivity index is 4.14. The molecule has 0 aliphatic carbocycles. The van der Waals surface area contributed by atoms with Crippen LogP contribution in [-0.4, -0.2) is 44.2 Å². The highest BCUT2D eigenvalue weighted by Crippen LogP contribution is 2.27. The van der Waals surface area contributed by atoms with Gasteiger partial charge in [-0.05, 0) is 0 Å². The van der Waals surface area contributed by atoms with E-state index in [0.29, 0.717) is 12.1 Å².